The highest BCUT2D eigenvalue weighted by atomic mass is 32.1. The van der Waals surface area contributed by atoms with Gasteiger partial charge in [0.25, 0.3) is 0 Å². The smallest absolute Gasteiger partial charge is 0.185 e. The van der Waals surface area contributed by atoms with Crippen molar-refractivity contribution in [1.82, 2.24) is 15.2 Å². The van der Waals surface area contributed by atoms with Crippen LogP contribution in [0.2, 0.25) is 0 Å². The minimum Gasteiger partial charge on any atom is -0.346 e. The lowest BCUT2D eigenvalue weighted by molar-refractivity contribution is 0.315. The molecule has 3 rings (SSSR count). The number of anilines is 1. The third kappa shape index (κ3) is 3.25. The summed E-state index contributed by atoms with van der Waals surface area (Å²) in [6, 6.07) is 1.23. The Balaban J connectivity index is 1.73. The van der Waals surface area contributed by atoms with Crippen LogP contribution in [0.4, 0.5) is 5.13 Å². The van der Waals surface area contributed by atoms with E-state index in [1.165, 1.54) is 47.8 Å². The molecule has 5 heteroatoms. The van der Waals surface area contributed by atoms with Gasteiger partial charge < -0.3 is 15.1 Å². The first-order valence-corrected chi connectivity index (χ1v) is 9.15. The van der Waals surface area contributed by atoms with Gasteiger partial charge in [0.15, 0.2) is 5.13 Å². The van der Waals surface area contributed by atoms with Crippen molar-refractivity contribution in [3.63, 3.8) is 0 Å². The fourth-order valence-corrected chi connectivity index (χ4v) is 4.65. The van der Waals surface area contributed by atoms with Gasteiger partial charge in [-0.25, -0.2) is 4.98 Å². The highest BCUT2D eigenvalue weighted by molar-refractivity contribution is 7.15. The molecule has 0 amide bonds. The maximum Gasteiger partial charge on any atom is 0.185 e. The maximum atomic E-state index is 4.97. The molecular formula is C16H28N4S. The van der Waals surface area contributed by atoms with Gasteiger partial charge in [0.05, 0.1) is 5.69 Å². The van der Waals surface area contributed by atoms with E-state index >= 15 is 0 Å². The van der Waals surface area contributed by atoms with E-state index < -0.39 is 0 Å². The van der Waals surface area contributed by atoms with Gasteiger partial charge in [0.1, 0.15) is 0 Å². The van der Waals surface area contributed by atoms with Crippen molar-refractivity contribution in [2.75, 3.05) is 38.6 Å². The van der Waals surface area contributed by atoms with E-state index in [1.54, 1.807) is 0 Å². The lowest BCUT2D eigenvalue weighted by Gasteiger charge is -2.22. The molecule has 0 radical (unpaired) electrons. The molecular weight excluding hydrogens is 280 g/mol. The van der Waals surface area contributed by atoms with Crippen molar-refractivity contribution < 1.29 is 0 Å². The normalized spacial score (nSPS) is 25.6. The Labute approximate surface area is 132 Å². The number of nitrogens with one attached hydrogen (secondary N) is 1. The zero-order valence-corrected chi connectivity index (χ0v) is 14.4. The van der Waals surface area contributed by atoms with E-state index in [0.29, 0.717) is 12.1 Å². The zero-order chi connectivity index (χ0) is 14.8. The van der Waals surface area contributed by atoms with Crippen LogP contribution in [-0.2, 0) is 6.42 Å². The molecule has 1 N–H and O–H groups in total. The molecule has 2 aliphatic rings. The molecule has 1 saturated heterocycles. The van der Waals surface area contributed by atoms with Gasteiger partial charge in [-0.1, -0.05) is 18.3 Å². The first-order valence-electron chi connectivity index (χ1n) is 8.33. The SMILES string of the molecule is CCCNC1CCCc2nc(N3CCC(N(C)C)C3)sc21. The predicted molar refractivity (Wildman–Crippen MR) is 90.4 cm³/mol. The van der Waals surface area contributed by atoms with Gasteiger partial charge in [-0.3, -0.25) is 0 Å². The highest BCUT2D eigenvalue weighted by Crippen LogP contribution is 2.38. The first kappa shape index (κ1) is 15.3. The van der Waals surface area contributed by atoms with Crippen molar-refractivity contribution in [2.45, 2.75) is 51.1 Å². The van der Waals surface area contributed by atoms with Crippen molar-refractivity contribution in [3.8, 4) is 0 Å². The Bertz CT molecular complexity index is 471. The molecule has 1 aromatic heterocycles. The first-order chi connectivity index (χ1) is 10.2. The second-order valence-electron chi connectivity index (χ2n) is 6.56. The van der Waals surface area contributed by atoms with Gasteiger partial charge in [-0.05, 0) is 52.7 Å². The van der Waals surface area contributed by atoms with Crippen LogP contribution in [0, 0.1) is 0 Å². The average molecular weight is 308 g/mol. The van der Waals surface area contributed by atoms with Crippen molar-refractivity contribution >= 4 is 16.5 Å². The summed E-state index contributed by atoms with van der Waals surface area (Å²) in [7, 11) is 4.37. The summed E-state index contributed by atoms with van der Waals surface area (Å²) in [4.78, 5) is 11.3. The molecule has 4 nitrogen and oxygen atoms in total. The number of rotatable bonds is 5. The summed E-state index contributed by atoms with van der Waals surface area (Å²) in [6.45, 7) is 5.64. The van der Waals surface area contributed by atoms with E-state index in [4.69, 9.17) is 4.98 Å². The maximum absolute atomic E-state index is 4.97. The van der Waals surface area contributed by atoms with Gasteiger partial charge >= 0.3 is 0 Å². The van der Waals surface area contributed by atoms with E-state index in [0.717, 1.165) is 19.6 Å². The number of aromatic nitrogens is 1. The lowest BCUT2D eigenvalue weighted by atomic mass is 9.98. The molecule has 1 aromatic rings. The topological polar surface area (TPSA) is 31.4 Å². The van der Waals surface area contributed by atoms with Gasteiger partial charge in [-0.2, -0.15) is 0 Å². The second-order valence-corrected chi connectivity index (χ2v) is 7.57. The van der Waals surface area contributed by atoms with Crippen molar-refractivity contribution in [2.24, 2.45) is 0 Å². The molecule has 1 aliphatic heterocycles. The van der Waals surface area contributed by atoms with Gasteiger partial charge in [0.2, 0.25) is 0 Å². The number of nitrogens with zero attached hydrogens (tertiary/aromatic N) is 3. The number of fused-ring (bicyclic) bond motifs is 1. The average Bonchev–Trinajstić information content (AvgIpc) is 3.11. The number of likely N-dealkylation sites (N-methyl/N-ethyl adjacent to an activating group) is 1. The molecule has 0 saturated carbocycles. The number of aryl methyl sites for hydroxylation is 1. The monoisotopic (exact) mass is 308 g/mol. The Morgan fingerprint density at radius 1 is 1.38 bits per heavy atom. The molecule has 0 bridgehead atoms. The molecule has 1 aliphatic carbocycles. The molecule has 1 fully saturated rings. The van der Waals surface area contributed by atoms with Gasteiger partial charge in [-0.15, -0.1) is 0 Å². The van der Waals surface area contributed by atoms with Crippen LogP contribution in [0.25, 0.3) is 0 Å². The molecule has 2 atom stereocenters. The fraction of sp³-hybridized carbons (Fsp3) is 0.812. The summed E-state index contributed by atoms with van der Waals surface area (Å²) >= 11 is 1.94. The summed E-state index contributed by atoms with van der Waals surface area (Å²) in [5, 5.41) is 4.96. The summed E-state index contributed by atoms with van der Waals surface area (Å²) < 4.78 is 0. The Morgan fingerprint density at radius 3 is 2.95 bits per heavy atom. The van der Waals surface area contributed by atoms with Gasteiger partial charge in [0, 0.05) is 30.1 Å². The van der Waals surface area contributed by atoms with Crippen molar-refractivity contribution in [1.29, 1.82) is 0 Å². The predicted octanol–water partition coefficient (Wildman–Crippen LogP) is 2.66. The Morgan fingerprint density at radius 2 is 2.24 bits per heavy atom. The number of hydrogen-bond donors (Lipinski definition) is 1. The van der Waals surface area contributed by atoms with Crippen LogP contribution in [0.15, 0.2) is 0 Å². The molecule has 0 aromatic carbocycles. The minimum atomic E-state index is 0.548. The van der Waals surface area contributed by atoms with E-state index in [-0.39, 0.29) is 0 Å². The number of thiazole rings is 1. The quantitative estimate of drug-likeness (QED) is 0.906. The van der Waals surface area contributed by atoms with E-state index in [9.17, 15) is 0 Å². The highest BCUT2D eigenvalue weighted by Gasteiger charge is 2.29. The van der Waals surface area contributed by atoms with Crippen LogP contribution in [0.1, 0.15) is 49.2 Å². The molecule has 21 heavy (non-hydrogen) atoms. The molecule has 2 unspecified atom stereocenters. The van der Waals surface area contributed by atoms with Crippen LogP contribution >= 0.6 is 11.3 Å². The minimum absolute atomic E-state index is 0.548. The Kier molecular flexibility index (Phi) is 4.82. The van der Waals surface area contributed by atoms with Crippen LogP contribution in [0.5, 0.6) is 0 Å². The lowest BCUT2D eigenvalue weighted by Crippen LogP contribution is -2.31. The third-order valence-electron chi connectivity index (χ3n) is 4.74. The second kappa shape index (κ2) is 6.63. The molecule has 0 spiro atoms. The number of hydrogen-bond acceptors (Lipinski definition) is 5. The molecule has 2 heterocycles. The summed E-state index contributed by atoms with van der Waals surface area (Å²) in [5.74, 6) is 0. The third-order valence-corrected chi connectivity index (χ3v) is 6.02. The zero-order valence-electron chi connectivity index (χ0n) is 13.6. The van der Waals surface area contributed by atoms with Crippen LogP contribution in [0.3, 0.4) is 0 Å². The Hall–Kier alpha value is -0.650. The van der Waals surface area contributed by atoms with E-state index in [2.05, 4.69) is 36.1 Å². The summed E-state index contributed by atoms with van der Waals surface area (Å²) in [6.07, 6.45) is 6.18. The standard InChI is InChI=1S/C16H28N4S/c1-4-9-17-13-6-5-7-14-15(13)21-16(18-14)20-10-8-12(11-20)19(2)3/h12-13,17H,4-11H2,1-3H3. The fourth-order valence-electron chi connectivity index (χ4n) is 3.39. The van der Waals surface area contributed by atoms with E-state index in [1.807, 2.05) is 11.3 Å². The van der Waals surface area contributed by atoms with Crippen LogP contribution < -0.4 is 10.2 Å². The van der Waals surface area contributed by atoms with Crippen molar-refractivity contribution in [3.05, 3.63) is 10.6 Å². The van der Waals surface area contributed by atoms with Crippen LogP contribution in [-0.4, -0.2) is 49.7 Å². The summed E-state index contributed by atoms with van der Waals surface area (Å²) in [5.41, 5.74) is 1.36. The molecule has 118 valence electrons. The largest absolute Gasteiger partial charge is 0.346 e.